The third kappa shape index (κ3) is 5.28. The van der Waals surface area contributed by atoms with E-state index in [0.29, 0.717) is 31.3 Å². The van der Waals surface area contributed by atoms with Crippen molar-refractivity contribution in [1.29, 1.82) is 0 Å². The van der Waals surface area contributed by atoms with E-state index in [-0.39, 0.29) is 16.9 Å². The smallest absolute Gasteiger partial charge is 0.332 e. The Morgan fingerprint density at radius 1 is 1.10 bits per heavy atom. The third-order valence-electron chi connectivity index (χ3n) is 5.44. The Morgan fingerprint density at radius 2 is 1.81 bits per heavy atom. The Bertz CT molecular complexity index is 1060. The molecule has 0 aliphatic carbocycles. The molecule has 2 aromatic rings. The molecule has 1 aromatic heterocycles. The number of rotatable bonds is 8. The van der Waals surface area contributed by atoms with Gasteiger partial charge in [0.1, 0.15) is 5.82 Å². The van der Waals surface area contributed by atoms with Crippen molar-refractivity contribution in [3.8, 4) is 5.75 Å². The molecule has 0 N–H and O–H groups in total. The first-order valence-electron chi connectivity index (χ1n) is 10.0. The van der Waals surface area contributed by atoms with Gasteiger partial charge in [-0.2, -0.15) is 0 Å². The molecular weight excluding hydrogens is 422 g/mol. The molecule has 1 aliphatic heterocycles. The van der Waals surface area contributed by atoms with Gasteiger partial charge in [-0.25, -0.2) is 4.79 Å². The van der Waals surface area contributed by atoms with E-state index in [2.05, 4.69) is 4.90 Å². The highest BCUT2D eigenvalue weighted by atomic mass is 32.2. The first-order chi connectivity index (χ1) is 14.8. The molecule has 11 heteroatoms. The van der Waals surface area contributed by atoms with E-state index in [9.17, 15) is 19.7 Å². The molecule has 1 saturated heterocycles. The van der Waals surface area contributed by atoms with E-state index in [0.717, 1.165) is 35.5 Å². The molecule has 1 aromatic carbocycles. The Kier molecular flexibility index (Phi) is 7.39. The number of nitro benzene ring substituents is 1. The Morgan fingerprint density at radius 3 is 2.45 bits per heavy atom. The largest absolute Gasteiger partial charge is 0.487 e. The lowest BCUT2D eigenvalue weighted by molar-refractivity contribution is -0.386. The summed E-state index contributed by atoms with van der Waals surface area (Å²) in [5, 5.41) is 11.3. The number of hydrogen-bond acceptors (Lipinski definition) is 8. The van der Waals surface area contributed by atoms with Gasteiger partial charge in [-0.05, 0) is 24.8 Å². The van der Waals surface area contributed by atoms with Crippen LogP contribution in [0, 0.1) is 10.1 Å². The first-order valence-corrected chi connectivity index (χ1v) is 11.2. The average Bonchev–Trinajstić information content (AvgIpc) is 2.78. The topological polar surface area (TPSA) is 103 Å². The van der Waals surface area contributed by atoms with Crippen molar-refractivity contribution in [1.82, 2.24) is 14.0 Å². The molecular formula is C20H27N5O5S. The average molecular weight is 450 g/mol. The maximum atomic E-state index is 12.1. The molecule has 0 atom stereocenters. The molecule has 0 spiro atoms. The SMILES string of the molecule is CSc1ccc(OCCCN2CCN(c3cc(=O)n(C)c(=O)n3C)CC2)c([N+](=O)[O-])c1. The van der Waals surface area contributed by atoms with Crippen molar-refractivity contribution in [3.63, 3.8) is 0 Å². The first kappa shape index (κ1) is 22.9. The predicted molar refractivity (Wildman–Crippen MR) is 121 cm³/mol. The van der Waals surface area contributed by atoms with Gasteiger partial charge < -0.3 is 9.64 Å². The normalized spacial score (nSPS) is 14.6. The van der Waals surface area contributed by atoms with Gasteiger partial charge >= 0.3 is 11.4 Å². The maximum Gasteiger partial charge on any atom is 0.332 e. The number of nitrogens with zero attached hydrogens (tertiary/aromatic N) is 5. The van der Waals surface area contributed by atoms with Gasteiger partial charge in [0.25, 0.3) is 5.56 Å². The third-order valence-corrected chi connectivity index (χ3v) is 6.16. The van der Waals surface area contributed by atoms with Crippen molar-refractivity contribution < 1.29 is 9.66 Å². The molecule has 1 aliphatic rings. The van der Waals surface area contributed by atoms with E-state index in [1.54, 1.807) is 13.1 Å². The second kappa shape index (κ2) is 10.0. The van der Waals surface area contributed by atoms with Crippen molar-refractivity contribution >= 4 is 23.3 Å². The lowest BCUT2D eigenvalue weighted by Crippen LogP contribution is -2.49. The summed E-state index contributed by atoms with van der Waals surface area (Å²) in [6, 6.07) is 6.50. The Labute approximate surface area is 184 Å². The van der Waals surface area contributed by atoms with Gasteiger partial charge in [-0.15, -0.1) is 11.8 Å². The Hall–Kier alpha value is -2.79. The summed E-state index contributed by atoms with van der Waals surface area (Å²) >= 11 is 1.45. The molecule has 0 bridgehead atoms. The highest BCUT2D eigenvalue weighted by Gasteiger charge is 2.20. The molecule has 0 radical (unpaired) electrons. The van der Waals surface area contributed by atoms with Crippen LogP contribution in [0.4, 0.5) is 11.5 Å². The number of hydrogen-bond donors (Lipinski definition) is 0. The highest BCUT2D eigenvalue weighted by molar-refractivity contribution is 7.98. The van der Waals surface area contributed by atoms with Crippen LogP contribution in [0.5, 0.6) is 5.75 Å². The maximum absolute atomic E-state index is 12.1. The van der Waals surface area contributed by atoms with E-state index in [1.165, 1.54) is 35.5 Å². The Balaban J connectivity index is 1.49. The fraction of sp³-hybridized carbons (Fsp3) is 0.500. The second-order valence-electron chi connectivity index (χ2n) is 7.36. The van der Waals surface area contributed by atoms with Crippen LogP contribution in [0.15, 0.2) is 38.8 Å². The van der Waals surface area contributed by atoms with E-state index in [1.807, 2.05) is 17.2 Å². The molecule has 2 heterocycles. The van der Waals surface area contributed by atoms with Crippen LogP contribution in [-0.2, 0) is 14.1 Å². The summed E-state index contributed by atoms with van der Waals surface area (Å²) in [4.78, 5) is 40.1. The highest BCUT2D eigenvalue weighted by Crippen LogP contribution is 2.31. The van der Waals surface area contributed by atoms with Gasteiger partial charge in [-0.1, -0.05) is 0 Å². The summed E-state index contributed by atoms with van der Waals surface area (Å²) in [6.45, 7) is 4.21. The quantitative estimate of drug-likeness (QED) is 0.257. The number of piperazine rings is 1. The number of anilines is 1. The van der Waals surface area contributed by atoms with E-state index in [4.69, 9.17) is 4.74 Å². The molecule has 31 heavy (non-hydrogen) atoms. The molecule has 10 nitrogen and oxygen atoms in total. The minimum absolute atomic E-state index is 0.0138. The fourth-order valence-corrected chi connectivity index (χ4v) is 4.02. The lowest BCUT2D eigenvalue weighted by Gasteiger charge is -2.36. The zero-order valence-corrected chi connectivity index (χ0v) is 18.8. The van der Waals surface area contributed by atoms with Gasteiger partial charge in [0, 0.05) is 63.8 Å². The van der Waals surface area contributed by atoms with Crippen molar-refractivity contribution in [2.75, 3.05) is 50.5 Å². The molecule has 3 rings (SSSR count). The van der Waals surface area contributed by atoms with Gasteiger partial charge in [0.2, 0.25) is 0 Å². The summed E-state index contributed by atoms with van der Waals surface area (Å²) < 4.78 is 8.27. The van der Waals surface area contributed by atoms with E-state index >= 15 is 0 Å². The van der Waals surface area contributed by atoms with Gasteiger partial charge in [0.15, 0.2) is 5.75 Å². The van der Waals surface area contributed by atoms with Crippen LogP contribution in [-0.4, -0.2) is 64.5 Å². The number of aromatic nitrogens is 2. The number of nitro groups is 1. The number of benzene rings is 1. The van der Waals surface area contributed by atoms with Crippen LogP contribution in [0.1, 0.15) is 6.42 Å². The molecule has 168 valence electrons. The van der Waals surface area contributed by atoms with Gasteiger partial charge in [0.05, 0.1) is 11.5 Å². The van der Waals surface area contributed by atoms with Crippen LogP contribution in [0.25, 0.3) is 0 Å². The van der Waals surface area contributed by atoms with Crippen LogP contribution >= 0.6 is 11.8 Å². The molecule has 0 amide bonds. The molecule has 1 fully saturated rings. The van der Waals surface area contributed by atoms with Crippen LogP contribution in [0.3, 0.4) is 0 Å². The molecule has 0 saturated carbocycles. The fourth-order valence-electron chi connectivity index (χ4n) is 3.58. The monoisotopic (exact) mass is 449 g/mol. The van der Waals surface area contributed by atoms with Crippen LogP contribution in [0.2, 0.25) is 0 Å². The summed E-state index contributed by atoms with van der Waals surface area (Å²) in [5.41, 5.74) is -0.654. The zero-order valence-electron chi connectivity index (χ0n) is 17.9. The minimum Gasteiger partial charge on any atom is -0.487 e. The molecule has 0 unspecified atom stereocenters. The number of ether oxygens (including phenoxy) is 1. The van der Waals surface area contributed by atoms with Crippen molar-refractivity contribution in [2.24, 2.45) is 14.1 Å². The summed E-state index contributed by atoms with van der Waals surface area (Å²) in [7, 11) is 3.14. The zero-order chi connectivity index (χ0) is 22.5. The van der Waals surface area contributed by atoms with Crippen LogP contribution < -0.4 is 20.9 Å². The second-order valence-corrected chi connectivity index (χ2v) is 8.24. The van der Waals surface area contributed by atoms with Gasteiger partial charge in [-0.3, -0.25) is 28.9 Å². The van der Waals surface area contributed by atoms with E-state index < -0.39 is 4.92 Å². The minimum atomic E-state index is -0.418. The van der Waals surface area contributed by atoms with Crippen molar-refractivity contribution in [3.05, 3.63) is 55.2 Å². The summed E-state index contributed by atoms with van der Waals surface area (Å²) in [6.07, 6.45) is 2.61. The lowest BCUT2D eigenvalue weighted by atomic mass is 10.2. The predicted octanol–water partition coefficient (Wildman–Crippen LogP) is 1.31. The standard InChI is InChI=1S/C20H27N5O5S/c1-21-18(14-19(26)22(2)20(21)27)24-10-8-23(9-11-24)7-4-12-30-17-6-5-15(31-3)13-16(17)25(28)29/h5-6,13-14H,4,7-12H2,1-3H3. The summed E-state index contributed by atoms with van der Waals surface area (Å²) in [5.74, 6) is 0.927. The van der Waals surface area contributed by atoms with Crippen molar-refractivity contribution in [2.45, 2.75) is 11.3 Å². The number of thioether (sulfide) groups is 1.